The highest BCUT2D eigenvalue weighted by atomic mass is 16.5. The lowest BCUT2D eigenvalue weighted by molar-refractivity contribution is -0.320. The van der Waals surface area contributed by atoms with Gasteiger partial charge in [-0.15, -0.1) is 0 Å². The van der Waals surface area contributed by atoms with Crippen LogP contribution in [0.1, 0.15) is 19.8 Å². The van der Waals surface area contributed by atoms with E-state index < -0.39 is 76.4 Å². The fraction of sp³-hybridized carbons (Fsp3) is 1.00. The third-order valence-electron chi connectivity index (χ3n) is 11.7. The average Bonchev–Trinajstić information content (AvgIpc) is 3.19. The molecule has 10 heteroatoms. The van der Waals surface area contributed by atoms with E-state index in [1.54, 1.807) is 21.3 Å². The molecule has 15 atom stereocenters. The zero-order chi connectivity index (χ0) is 25.3. The Hall–Kier alpha value is -0.400. The van der Waals surface area contributed by atoms with Crippen molar-refractivity contribution in [2.24, 2.45) is 34.5 Å². The number of ether oxygens (including phenoxy) is 4. The van der Waals surface area contributed by atoms with Crippen molar-refractivity contribution in [3.8, 4) is 0 Å². The van der Waals surface area contributed by atoms with Gasteiger partial charge in [0.1, 0.15) is 23.4 Å². The summed E-state index contributed by atoms with van der Waals surface area (Å²) >= 11 is 0. The fourth-order valence-corrected chi connectivity index (χ4v) is 11.0. The highest BCUT2D eigenvalue weighted by Crippen LogP contribution is 2.79. The average molecular weight is 500 g/mol. The molecule has 7 bridgehead atoms. The quantitative estimate of drug-likeness (QED) is 0.285. The molecule has 6 fully saturated rings. The van der Waals surface area contributed by atoms with Crippen molar-refractivity contribution in [3.05, 3.63) is 0 Å². The number of fused-ring (bicyclic) bond motifs is 2. The van der Waals surface area contributed by atoms with Gasteiger partial charge in [-0.1, -0.05) is 6.92 Å². The van der Waals surface area contributed by atoms with Crippen molar-refractivity contribution >= 4 is 0 Å². The monoisotopic (exact) mass is 499 g/mol. The lowest BCUT2D eigenvalue weighted by Gasteiger charge is -2.70. The number of piperidine rings is 1. The van der Waals surface area contributed by atoms with Gasteiger partial charge in [-0.3, -0.25) is 4.90 Å². The Balaban J connectivity index is 1.68. The van der Waals surface area contributed by atoms with E-state index in [-0.39, 0.29) is 18.4 Å². The molecule has 1 aliphatic heterocycles. The minimum Gasteiger partial charge on any atom is -0.392 e. The Morgan fingerprint density at radius 2 is 1.66 bits per heavy atom. The van der Waals surface area contributed by atoms with Crippen LogP contribution in [0.3, 0.4) is 0 Å². The summed E-state index contributed by atoms with van der Waals surface area (Å²) in [7, 11) is 6.29. The lowest BCUT2D eigenvalue weighted by Crippen LogP contribution is -2.81. The van der Waals surface area contributed by atoms with E-state index in [0.29, 0.717) is 26.1 Å². The van der Waals surface area contributed by atoms with Gasteiger partial charge in [0, 0.05) is 76.0 Å². The van der Waals surface area contributed by atoms with Crippen LogP contribution < -0.4 is 0 Å². The number of rotatable bonds is 6. The molecule has 1 spiro atoms. The Morgan fingerprint density at radius 3 is 2.23 bits per heavy atom. The molecule has 35 heavy (non-hydrogen) atoms. The summed E-state index contributed by atoms with van der Waals surface area (Å²) in [5.74, 6) is -2.04. The lowest BCUT2D eigenvalue weighted by atomic mass is 9.42. The Bertz CT molecular complexity index is 878. The largest absolute Gasteiger partial charge is 0.392 e. The van der Waals surface area contributed by atoms with E-state index in [1.807, 2.05) is 0 Å². The van der Waals surface area contributed by atoms with E-state index in [2.05, 4.69) is 11.8 Å². The maximum absolute atomic E-state index is 12.6. The topological polar surface area (TPSA) is 141 Å². The zero-order valence-corrected chi connectivity index (χ0v) is 21.2. The highest BCUT2D eigenvalue weighted by Gasteiger charge is 2.90. The molecule has 1 saturated heterocycles. The van der Waals surface area contributed by atoms with Crippen LogP contribution in [-0.2, 0) is 18.9 Å². The van der Waals surface area contributed by atoms with Gasteiger partial charge in [0.05, 0.1) is 31.0 Å². The molecule has 0 radical (unpaired) electrons. The molecule has 10 nitrogen and oxygen atoms in total. The van der Waals surface area contributed by atoms with Gasteiger partial charge in [0.15, 0.2) is 0 Å². The first kappa shape index (κ1) is 24.9. The summed E-state index contributed by atoms with van der Waals surface area (Å²) in [6, 6.07) is -0.240. The van der Waals surface area contributed by atoms with Crippen LogP contribution in [0.5, 0.6) is 0 Å². The molecular weight excluding hydrogens is 458 g/mol. The fourth-order valence-electron chi connectivity index (χ4n) is 11.0. The van der Waals surface area contributed by atoms with E-state index in [9.17, 15) is 25.5 Å². The van der Waals surface area contributed by atoms with Gasteiger partial charge in [-0.25, -0.2) is 0 Å². The van der Waals surface area contributed by atoms with Crippen molar-refractivity contribution in [2.45, 2.75) is 73.6 Å². The molecule has 200 valence electrons. The molecule has 6 aliphatic rings. The number of aliphatic hydroxyl groups excluding tert-OH is 3. The molecule has 5 saturated carbocycles. The second-order valence-corrected chi connectivity index (χ2v) is 12.1. The third-order valence-corrected chi connectivity index (χ3v) is 11.7. The van der Waals surface area contributed by atoms with Crippen LogP contribution in [-0.4, -0.2) is 132 Å². The van der Waals surface area contributed by atoms with Crippen molar-refractivity contribution in [2.75, 3.05) is 48.1 Å². The van der Waals surface area contributed by atoms with Crippen LogP contribution in [0.2, 0.25) is 0 Å². The standard InChI is InChI=1S/C25H41NO9/c1-6-26-9-22(10-32-2)12(27)7-13(33-3)24-11-8-23(30)19(28)14(11)25(31,20(29)21(23)35-5)15(18(24)26)16(34-4)17(22)24/h11-21,27-31H,6-10H2,1-5H3/t11-,12-,13+,14-,15+,16+,17-,18+,19-,20+,21+,22+,23+,24+,25-/m1/s1. The van der Waals surface area contributed by atoms with Crippen molar-refractivity contribution < 1.29 is 44.5 Å². The minimum atomic E-state index is -1.76. The first-order chi connectivity index (χ1) is 16.6. The SMILES string of the molecule is CCN1C[C@]2(COC)[C@H](O)C[C@H](OC)[C@@]34[C@@H]5C[C@]6(O)[C@H](O)[C@@H]5[C@@](O)([C@@H]([C@H](OC)[C@H]23)[C@H]14)[C@@H](O)[C@@H]6OC. The highest BCUT2D eigenvalue weighted by molar-refractivity contribution is 5.39. The van der Waals surface area contributed by atoms with E-state index in [0.717, 1.165) is 0 Å². The van der Waals surface area contributed by atoms with Gasteiger partial charge in [0.25, 0.3) is 0 Å². The molecule has 5 aliphatic carbocycles. The second-order valence-electron chi connectivity index (χ2n) is 12.1. The summed E-state index contributed by atoms with van der Waals surface area (Å²) < 4.78 is 23.7. The van der Waals surface area contributed by atoms with Crippen LogP contribution >= 0.6 is 0 Å². The second kappa shape index (κ2) is 7.59. The molecule has 0 aromatic rings. The molecule has 0 unspecified atom stereocenters. The van der Waals surface area contributed by atoms with E-state index in [4.69, 9.17) is 18.9 Å². The van der Waals surface area contributed by atoms with E-state index in [1.165, 1.54) is 7.11 Å². The predicted molar refractivity (Wildman–Crippen MR) is 121 cm³/mol. The number of hydrogen-bond donors (Lipinski definition) is 5. The summed E-state index contributed by atoms with van der Waals surface area (Å²) in [6.45, 7) is 3.58. The van der Waals surface area contributed by atoms with Gasteiger partial charge in [0.2, 0.25) is 0 Å². The molecule has 0 aromatic heterocycles. The normalized spacial score (nSPS) is 62.4. The van der Waals surface area contributed by atoms with Crippen LogP contribution in [0.25, 0.3) is 0 Å². The number of hydrogen-bond acceptors (Lipinski definition) is 10. The van der Waals surface area contributed by atoms with Crippen LogP contribution in [0.15, 0.2) is 0 Å². The van der Waals surface area contributed by atoms with Crippen molar-refractivity contribution in [3.63, 3.8) is 0 Å². The van der Waals surface area contributed by atoms with Gasteiger partial charge < -0.3 is 44.5 Å². The molecule has 5 N–H and O–H groups in total. The molecule has 1 heterocycles. The summed E-state index contributed by atoms with van der Waals surface area (Å²) in [6.07, 6.45) is -4.95. The first-order valence-corrected chi connectivity index (χ1v) is 12.9. The van der Waals surface area contributed by atoms with Crippen LogP contribution in [0, 0.1) is 34.5 Å². The Labute approximate surface area is 206 Å². The number of aliphatic hydroxyl groups is 5. The Kier molecular flexibility index (Phi) is 5.40. The van der Waals surface area contributed by atoms with Crippen molar-refractivity contribution in [1.29, 1.82) is 0 Å². The number of methoxy groups -OCH3 is 4. The number of nitrogens with zero attached hydrogens (tertiary/aromatic N) is 1. The molecule has 0 aromatic carbocycles. The third kappa shape index (κ3) is 2.35. The van der Waals surface area contributed by atoms with Gasteiger partial charge in [-0.05, 0) is 18.9 Å². The zero-order valence-electron chi connectivity index (χ0n) is 21.2. The first-order valence-electron chi connectivity index (χ1n) is 12.9. The molecule has 0 amide bonds. The Morgan fingerprint density at radius 1 is 0.943 bits per heavy atom. The predicted octanol–water partition coefficient (Wildman–Crippen LogP) is -1.79. The minimum absolute atomic E-state index is 0.156. The number of likely N-dealkylation sites (tertiary alicyclic amines) is 1. The summed E-state index contributed by atoms with van der Waals surface area (Å²) in [4.78, 5) is 2.29. The summed E-state index contributed by atoms with van der Waals surface area (Å²) in [5, 5.41) is 59.3. The van der Waals surface area contributed by atoms with Gasteiger partial charge >= 0.3 is 0 Å². The maximum Gasteiger partial charge on any atom is 0.120 e. The molecule has 6 rings (SSSR count). The van der Waals surface area contributed by atoms with Crippen molar-refractivity contribution in [1.82, 2.24) is 4.90 Å². The van der Waals surface area contributed by atoms with E-state index >= 15 is 0 Å². The van der Waals surface area contributed by atoms with Gasteiger partial charge in [-0.2, -0.15) is 0 Å². The molecular formula is C25H41NO9. The maximum atomic E-state index is 12.6. The summed E-state index contributed by atoms with van der Waals surface area (Å²) in [5.41, 5.74) is -4.81. The smallest absolute Gasteiger partial charge is 0.120 e. The van der Waals surface area contributed by atoms with Crippen LogP contribution in [0.4, 0.5) is 0 Å².